The summed E-state index contributed by atoms with van der Waals surface area (Å²) < 4.78 is 5.00. The van der Waals surface area contributed by atoms with Crippen LogP contribution in [0, 0.1) is 0 Å². The lowest BCUT2D eigenvalue weighted by atomic mass is 9.93. The highest BCUT2D eigenvalue weighted by Crippen LogP contribution is 2.23. The van der Waals surface area contributed by atoms with Crippen LogP contribution in [0.5, 0.6) is 0 Å². The minimum Gasteiger partial charge on any atom is -0.383 e. The molecule has 1 amide bonds. The van der Waals surface area contributed by atoms with Crippen molar-refractivity contribution in [2.24, 2.45) is 0 Å². The van der Waals surface area contributed by atoms with Gasteiger partial charge in [-0.15, -0.1) is 0 Å². The first-order valence-electron chi connectivity index (χ1n) is 5.69. The molecule has 0 aromatic carbocycles. The van der Waals surface area contributed by atoms with E-state index in [4.69, 9.17) is 4.74 Å². The SMILES string of the molecule is CCC1(C(=O)NC(C)COC)CCCN1. The lowest BCUT2D eigenvalue weighted by Crippen LogP contribution is -2.55. The number of carbonyl (C=O) groups is 1. The number of ether oxygens (including phenoxy) is 1. The highest BCUT2D eigenvalue weighted by Gasteiger charge is 2.39. The predicted molar refractivity (Wildman–Crippen MR) is 59.7 cm³/mol. The average molecular weight is 214 g/mol. The lowest BCUT2D eigenvalue weighted by molar-refractivity contribution is -0.128. The summed E-state index contributed by atoms with van der Waals surface area (Å²) in [6.45, 7) is 5.52. The first-order valence-corrected chi connectivity index (χ1v) is 5.69. The van der Waals surface area contributed by atoms with Gasteiger partial charge in [-0.25, -0.2) is 0 Å². The second-order valence-electron chi connectivity index (χ2n) is 4.30. The lowest BCUT2D eigenvalue weighted by Gasteiger charge is -2.28. The molecule has 0 saturated carbocycles. The van der Waals surface area contributed by atoms with E-state index in [1.165, 1.54) is 0 Å². The van der Waals surface area contributed by atoms with Crippen molar-refractivity contribution in [3.63, 3.8) is 0 Å². The maximum Gasteiger partial charge on any atom is 0.240 e. The number of hydrogen-bond donors (Lipinski definition) is 2. The standard InChI is InChI=1S/C11H22N2O2/c1-4-11(6-5-7-12-11)10(14)13-9(2)8-15-3/h9,12H,4-8H2,1-3H3,(H,13,14). The van der Waals surface area contributed by atoms with Gasteiger partial charge in [0.1, 0.15) is 0 Å². The molecule has 1 aliphatic rings. The molecule has 1 saturated heterocycles. The van der Waals surface area contributed by atoms with E-state index in [-0.39, 0.29) is 17.5 Å². The second kappa shape index (κ2) is 5.47. The third-order valence-corrected chi connectivity index (χ3v) is 3.08. The summed E-state index contributed by atoms with van der Waals surface area (Å²) in [6, 6.07) is 0.0772. The summed E-state index contributed by atoms with van der Waals surface area (Å²) in [5.41, 5.74) is -0.331. The molecule has 88 valence electrons. The van der Waals surface area contributed by atoms with Crippen molar-refractivity contribution in [2.75, 3.05) is 20.3 Å². The number of carbonyl (C=O) groups excluding carboxylic acids is 1. The van der Waals surface area contributed by atoms with Crippen LogP contribution in [0.25, 0.3) is 0 Å². The first kappa shape index (κ1) is 12.5. The molecular formula is C11H22N2O2. The fourth-order valence-corrected chi connectivity index (χ4v) is 2.12. The van der Waals surface area contributed by atoms with Gasteiger partial charge < -0.3 is 15.4 Å². The Morgan fingerprint density at radius 1 is 1.67 bits per heavy atom. The minimum atomic E-state index is -0.331. The van der Waals surface area contributed by atoms with Crippen molar-refractivity contribution in [3.8, 4) is 0 Å². The highest BCUT2D eigenvalue weighted by atomic mass is 16.5. The summed E-state index contributed by atoms with van der Waals surface area (Å²) in [6.07, 6.45) is 2.87. The van der Waals surface area contributed by atoms with Crippen LogP contribution in [0.4, 0.5) is 0 Å². The molecule has 2 N–H and O–H groups in total. The topological polar surface area (TPSA) is 50.4 Å². The summed E-state index contributed by atoms with van der Waals surface area (Å²) in [5.74, 6) is 0.118. The molecule has 1 rings (SSSR count). The van der Waals surface area contributed by atoms with Crippen molar-refractivity contribution in [3.05, 3.63) is 0 Å². The van der Waals surface area contributed by atoms with E-state index in [1.54, 1.807) is 7.11 Å². The second-order valence-corrected chi connectivity index (χ2v) is 4.30. The van der Waals surface area contributed by atoms with Crippen LogP contribution in [0.15, 0.2) is 0 Å². The molecular weight excluding hydrogens is 192 g/mol. The van der Waals surface area contributed by atoms with Gasteiger partial charge in [-0.1, -0.05) is 6.92 Å². The van der Waals surface area contributed by atoms with E-state index >= 15 is 0 Å². The van der Waals surface area contributed by atoms with Crippen LogP contribution in [-0.4, -0.2) is 37.7 Å². The van der Waals surface area contributed by atoms with Crippen molar-refractivity contribution in [2.45, 2.75) is 44.7 Å². The van der Waals surface area contributed by atoms with Gasteiger partial charge in [0.25, 0.3) is 0 Å². The smallest absolute Gasteiger partial charge is 0.240 e. The van der Waals surface area contributed by atoms with E-state index in [9.17, 15) is 4.79 Å². The Morgan fingerprint density at radius 2 is 2.40 bits per heavy atom. The van der Waals surface area contributed by atoms with E-state index < -0.39 is 0 Å². The molecule has 0 bridgehead atoms. The van der Waals surface area contributed by atoms with Gasteiger partial charge in [-0.2, -0.15) is 0 Å². The normalized spacial score (nSPS) is 27.7. The molecule has 0 radical (unpaired) electrons. The molecule has 0 aliphatic carbocycles. The summed E-state index contributed by atoms with van der Waals surface area (Å²) in [4.78, 5) is 12.1. The Kier molecular flexibility index (Phi) is 4.54. The molecule has 1 fully saturated rings. The van der Waals surface area contributed by atoms with Gasteiger partial charge in [0.05, 0.1) is 12.1 Å². The number of rotatable bonds is 5. The van der Waals surface area contributed by atoms with Crippen molar-refractivity contribution in [1.29, 1.82) is 0 Å². The summed E-state index contributed by atoms with van der Waals surface area (Å²) in [7, 11) is 1.64. The number of amides is 1. The Morgan fingerprint density at radius 3 is 2.87 bits per heavy atom. The van der Waals surface area contributed by atoms with E-state index in [0.717, 1.165) is 25.8 Å². The third-order valence-electron chi connectivity index (χ3n) is 3.08. The Balaban J connectivity index is 2.50. The van der Waals surface area contributed by atoms with Gasteiger partial charge >= 0.3 is 0 Å². The third kappa shape index (κ3) is 2.92. The van der Waals surface area contributed by atoms with Crippen LogP contribution in [0.2, 0.25) is 0 Å². The van der Waals surface area contributed by atoms with E-state index in [0.29, 0.717) is 6.61 Å². The zero-order valence-corrected chi connectivity index (χ0v) is 9.93. The van der Waals surface area contributed by atoms with Crippen LogP contribution in [0.3, 0.4) is 0 Å². The maximum atomic E-state index is 12.1. The van der Waals surface area contributed by atoms with Gasteiger partial charge in [-0.05, 0) is 32.7 Å². The molecule has 4 heteroatoms. The molecule has 2 atom stereocenters. The Bertz CT molecular complexity index is 213. The van der Waals surface area contributed by atoms with Crippen LogP contribution >= 0.6 is 0 Å². The molecule has 0 aromatic heterocycles. The molecule has 0 spiro atoms. The largest absolute Gasteiger partial charge is 0.383 e. The van der Waals surface area contributed by atoms with Crippen LogP contribution < -0.4 is 10.6 Å². The molecule has 1 aliphatic heterocycles. The zero-order valence-electron chi connectivity index (χ0n) is 9.93. The van der Waals surface area contributed by atoms with Crippen molar-refractivity contribution < 1.29 is 9.53 Å². The monoisotopic (exact) mass is 214 g/mol. The number of nitrogens with one attached hydrogen (secondary N) is 2. The van der Waals surface area contributed by atoms with Crippen LogP contribution in [-0.2, 0) is 9.53 Å². The van der Waals surface area contributed by atoms with Gasteiger partial charge in [-0.3, -0.25) is 4.79 Å². The first-order chi connectivity index (χ1) is 7.14. The van der Waals surface area contributed by atoms with Gasteiger partial charge in [0.15, 0.2) is 0 Å². The zero-order chi connectivity index (χ0) is 11.3. The summed E-state index contributed by atoms with van der Waals surface area (Å²) >= 11 is 0. The highest BCUT2D eigenvalue weighted by molar-refractivity contribution is 5.86. The quantitative estimate of drug-likeness (QED) is 0.707. The predicted octanol–water partition coefficient (Wildman–Crippen LogP) is 0.670. The van der Waals surface area contributed by atoms with Crippen LogP contribution in [0.1, 0.15) is 33.1 Å². The Labute approximate surface area is 91.8 Å². The molecule has 15 heavy (non-hydrogen) atoms. The molecule has 1 heterocycles. The fourth-order valence-electron chi connectivity index (χ4n) is 2.12. The van der Waals surface area contributed by atoms with Crippen molar-refractivity contribution in [1.82, 2.24) is 10.6 Å². The van der Waals surface area contributed by atoms with E-state index in [1.807, 2.05) is 6.92 Å². The average Bonchev–Trinajstić information content (AvgIpc) is 2.67. The fraction of sp³-hybridized carbons (Fsp3) is 0.909. The van der Waals surface area contributed by atoms with Gasteiger partial charge in [0, 0.05) is 13.2 Å². The molecule has 2 unspecified atom stereocenters. The molecule has 4 nitrogen and oxygen atoms in total. The van der Waals surface area contributed by atoms with Crippen molar-refractivity contribution >= 4 is 5.91 Å². The maximum absolute atomic E-state index is 12.1. The molecule has 0 aromatic rings. The van der Waals surface area contributed by atoms with E-state index in [2.05, 4.69) is 17.6 Å². The number of methoxy groups -OCH3 is 1. The van der Waals surface area contributed by atoms with Gasteiger partial charge in [0.2, 0.25) is 5.91 Å². The summed E-state index contributed by atoms with van der Waals surface area (Å²) in [5, 5.41) is 6.30. The number of hydrogen-bond acceptors (Lipinski definition) is 3. The minimum absolute atomic E-state index is 0.0772. The Hall–Kier alpha value is -0.610.